The smallest absolute Gasteiger partial charge is 0.239 e. The maximum Gasteiger partial charge on any atom is 0.239 e. The Balaban J connectivity index is 2.11. The van der Waals surface area contributed by atoms with E-state index in [0.717, 1.165) is 70.6 Å². The van der Waals surface area contributed by atoms with Gasteiger partial charge in [0.2, 0.25) is 11.8 Å². The molecule has 1 aliphatic heterocycles. The van der Waals surface area contributed by atoms with E-state index in [2.05, 4.69) is 19.2 Å². The number of nitrogens with one attached hydrogen (secondary N) is 1. The van der Waals surface area contributed by atoms with E-state index in [1.165, 1.54) is 88.4 Å². The summed E-state index contributed by atoms with van der Waals surface area (Å²) in [6.45, 7) is 3.03. The maximum absolute atomic E-state index is 14.0. The molecule has 12 heteroatoms. The van der Waals surface area contributed by atoms with E-state index in [-0.39, 0.29) is 30.8 Å². The van der Waals surface area contributed by atoms with Crippen LogP contribution in [0, 0.1) is 0 Å². The van der Waals surface area contributed by atoms with Gasteiger partial charge in [-0.05, 0) is 25.7 Å². The van der Waals surface area contributed by atoms with Crippen LogP contribution in [0.4, 0.5) is 0 Å². The zero-order valence-corrected chi connectivity index (χ0v) is 35.4. The molecular formula is C44H84N2O10. The number of unbranched alkanes of at least 4 members (excludes halogenated alkanes) is 19. The Morgan fingerprint density at radius 1 is 0.696 bits per heavy atom. The van der Waals surface area contributed by atoms with Gasteiger partial charge in [-0.1, -0.05) is 162 Å². The maximum atomic E-state index is 14.0. The predicted octanol–water partition coefficient (Wildman–Crippen LogP) is 6.18. The van der Waals surface area contributed by atoms with Crippen molar-refractivity contribution in [2.45, 2.75) is 249 Å². The number of hydrogen-bond acceptors (Lipinski definition) is 10. The van der Waals surface area contributed by atoms with Gasteiger partial charge in [-0.2, -0.15) is 0 Å². The fourth-order valence-electron chi connectivity index (χ4n) is 8.19. The van der Waals surface area contributed by atoms with E-state index in [1.807, 2.05) is 0 Å². The van der Waals surface area contributed by atoms with Crippen molar-refractivity contribution < 1.29 is 49.7 Å². The van der Waals surface area contributed by atoms with E-state index in [1.54, 1.807) is 0 Å². The molecule has 0 bridgehead atoms. The van der Waals surface area contributed by atoms with Gasteiger partial charge in [0.15, 0.2) is 6.29 Å². The molecule has 7 N–H and O–H groups in total. The molecule has 0 aromatic carbocycles. The molecule has 0 aromatic rings. The molecule has 1 heterocycles. The van der Waals surface area contributed by atoms with Gasteiger partial charge in [0.25, 0.3) is 0 Å². The Morgan fingerprint density at radius 3 is 1.71 bits per heavy atom. The Kier molecular flexibility index (Phi) is 28.6. The number of hydrogen-bond donors (Lipinski definition) is 7. The van der Waals surface area contributed by atoms with Crippen molar-refractivity contribution in [3.63, 3.8) is 0 Å². The molecule has 0 spiro atoms. The summed E-state index contributed by atoms with van der Waals surface area (Å²) in [5.41, 5.74) is 0. The van der Waals surface area contributed by atoms with Crippen LogP contribution < -0.4 is 5.32 Å². The van der Waals surface area contributed by atoms with Gasteiger partial charge >= 0.3 is 0 Å². The average Bonchev–Trinajstić information content (AvgIpc) is 3.20. The minimum absolute atomic E-state index is 0.00986. The van der Waals surface area contributed by atoms with E-state index in [4.69, 9.17) is 9.47 Å². The average molecular weight is 801 g/mol. The van der Waals surface area contributed by atoms with Crippen molar-refractivity contribution in [2.24, 2.45) is 0 Å². The standard InChI is InChI=1S/C44H84N2O10/c1-3-5-7-9-11-13-14-15-17-18-20-25-29-36(48)40(51)35(33-55-44-43(54)42(53)41(52)37(32-47)56-44)46(31-38(49)45-34-27-23-22-24-28-34)39(50)30-26-21-19-16-12-10-8-6-4-2/h34-37,40-44,47-48,51-54H,3-33H2,1-2H3,(H,45,49)/t35-,36+,37?,40-,41-,42-,43?,44-/m0/s1. The highest BCUT2D eigenvalue weighted by Gasteiger charge is 2.45. The number of aliphatic hydroxyl groups excluding tert-OH is 6. The van der Waals surface area contributed by atoms with E-state index >= 15 is 0 Å². The van der Waals surface area contributed by atoms with Gasteiger partial charge in [-0.3, -0.25) is 9.59 Å². The number of amides is 2. The van der Waals surface area contributed by atoms with E-state index in [0.29, 0.717) is 19.3 Å². The lowest BCUT2D eigenvalue weighted by Crippen LogP contribution is -2.61. The summed E-state index contributed by atoms with van der Waals surface area (Å²) in [7, 11) is 0. The molecule has 0 radical (unpaired) electrons. The van der Waals surface area contributed by atoms with Crippen LogP contribution in [0.1, 0.15) is 194 Å². The number of ether oxygens (including phenoxy) is 2. The summed E-state index contributed by atoms with van der Waals surface area (Å²) in [5, 5.41) is 67.2. The number of aliphatic hydroxyl groups is 6. The SMILES string of the molecule is CCCCCCCCCCCCCC[C@@H](O)[C@@H](O)[C@H](CO[C@H]1OC(CO)[C@H](O)[C@H](O)C1O)N(CC(=O)NC1CCCCC1)C(=O)CCCCCCCCCCC. The van der Waals surface area contributed by atoms with Gasteiger partial charge in [0.1, 0.15) is 37.1 Å². The lowest BCUT2D eigenvalue weighted by molar-refractivity contribution is -0.304. The Hall–Kier alpha value is -1.38. The second kappa shape index (κ2) is 31.5. The first-order valence-corrected chi connectivity index (χ1v) is 23.0. The summed E-state index contributed by atoms with van der Waals surface area (Å²) in [6, 6.07) is -1.17. The van der Waals surface area contributed by atoms with Crippen molar-refractivity contribution in [1.82, 2.24) is 10.2 Å². The van der Waals surface area contributed by atoms with Gasteiger partial charge < -0.3 is 50.3 Å². The van der Waals surface area contributed by atoms with Crippen LogP contribution in [0.5, 0.6) is 0 Å². The largest absolute Gasteiger partial charge is 0.394 e. The summed E-state index contributed by atoms with van der Waals surface area (Å²) >= 11 is 0. The quantitative estimate of drug-likeness (QED) is 0.0378. The number of carbonyl (C=O) groups is 2. The summed E-state index contributed by atoms with van der Waals surface area (Å²) in [4.78, 5) is 28.9. The molecule has 0 aromatic heterocycles. The van der Waals surface area contributed by atoms with E-state index < -0.39 is 62.2 Å². The second-order valence-corrected chi connectivity index (χ2v) is 16.8. The molecule has 8 atom stereocenters. The Morgan fingerprint density at radius 2 is 1.20 bits per heavy atom. The molecule has 1 saturated carbocycles. The summed E-state index contributed by atoms with van der Waals surface area (Å²) in [6.07, 6.45) is 18.6. The van der Waals surface area contributed by atoms with E-state index in [9.17, 15) is 40.2 Å². The molecule has 330 valence electrons. The third-order valence-electron chi connectivity index (χ3n) is 11.9. The van der Waals surface area contributed by atoms with Crippen molar-refractivity contribution in [2.75, 3.05) is 19.8 Å². The Labute approximate surface area is 339 Å². The van der Waals surface area contributed by atoms with Crippen LogP contribution in [0.3, 0.4) is 0 Å². The van der Waals surface area contributed by atoms with Crippen molar-refractivity contribution in [3.8, 4) is 0 Å². The monoisotopic (exact) mass is 801 g/mol. The van der Waals surface area contributed by atoms with Crippen LogP contribution in [0.15, 0.2) is 0 Å². The number of nitrogens with zero attached hydrogens (tertiary/aromatic N) is 1. The molecule has 12 nitrogen and oxygen atoms in total. The normalized spacial score (nSPS) is 23.5. The van der Waals surface area contributed by atoms with Crippen molar-refractivity contribution in [3.05, 3.63) is 0 Å². The molecule has 2 amide bonds. The third kappa shape index (κ3) is 20.5. The molecule has 56 heavy (non-hydrogen) atoms. The second-order valence-electron chi connectivity index (χ2n) is 16.8. The minimum Gasteiger partial charge on any atom is -0.394 e. The highest BCUT2D eigenvalue weighted by molar-refractivity contribution is 5.85. The summed E-state index contributed by atoms with van der Waals surface area (Å²) in [5.74, 6) is -0.691. The lowest BCUT2D eigenvalue weighted by Gasteiger charge is -2.41. The predicted molar refractivity (Wildman–Crippen MR) is 220 cm³/mol. The van der Waals surface area contributed by atoms with Crippen molar-refractivity contribution in [1.29, 1.82) is 0 Å². The zero-order valence-electron chi connectivity index (χ0n) is 35.4. The first-order valence-electron chi connectivity index (χ1n) is 23.0. The van der Waals surface area contributed by atoms with Crippen LogP contribution in [0.2, 0.25) is 0 Å². The zero-order chi connectivity index (χ0) is 41.0. The van der Waals surface area contributed by atoms with Crippen LogP contribution >= 0.6 is 0 Å². The molecule has 2 fully saturated rings. The molecule has 2 aliphatic rings. The van der Waals surface area contributed by atoms with Crippen LogP contribution in [-0.4, -0.2) is 122 Å². The highest BCUT2D eigenvalue weighted by Crippen LogP contribution is 2.25. The third-order valence-corrected chi connectivity index (χ3v) is 11.9. The highest BCUT2D eigenvalue weighted by atomic mass is 16.7. The van der Waals surface area contributed by atoms with Gasteiger partial charge in [0, 0.05) is 12.5 Å². The molecular weight excluding hydrogens is 716 g/mol. The van der Waals surface area contributed by atoms with Crippen LogP contribution in [-0.2, 0) is 19.1 Å². The fourth-order valence-corrected chi connectivity index (χ4v) is 8.19. The fraction of sp³-hybridized carbons (Fsp3) is 0.955. The van der Waals surface area contributed by atoms with Crippen LogP contribution in [0.25, 0.3) is 0 Å². The minimum atomic E-state index is -1.68. The molecule has 1 saturated heterocycles. The first-order chi connectivity index (χ1) is 27.1. The van der Waals surface area contributed by atoms with Gasteiger partial charge in [0.05, 0.1) is 25.4 Å². The summed E-state index contributed by atoms with van der Waals surface area (Å²) < 4.78 is 11.5. The van der Waals surface area contributed by atoms with Gasteiger partial charge in [-0.25, -0.2) is 0 Å². The lowest BCUT2D eigenvalue weighted by atomic mass is 9.95. The molecule has 2 rings (SSSR count). The number of rotatable bonds is 33. The van der Waals surface area contributed by atoms with Gasteiger partial charge in [-0.15, -0.1) is 0 Å². The number of carbonyl (C=O) groups excluding carboxylic acids is 2. The van der Waals surface area contributed by atoms with Crippen molar-refractivity contribution >= 4 is 11.8 Å². The molecule has 1 aliphatic carbocycles. The molecule has 2 unspecified atom stereocenters. The first kappa shape index (κ1) is 50.8. The topological polar surface area (TPSA) is 189 Å². The Bertz CT molecular complexity index is 983.